The number of hydrogen-bond donors (Lipinski definition) is 2. The number of carbonyl (C=O) groups excluding carboxylic acids is 1. The molecule has 3 aromatic rings. The first-order chi connectivity index (χ1) is 11.6. The molecule has 3 heterocycles. The Labute approximate surface area is 140 Å². The third kappa shape index (κ3) is 2.54. The van der Waals surface area contributed by atoms with Gasteiger partial charge < -0.3 is 10.6 Å². The number of aromatic nitrogens is 3. The summed E-state index contributed by atoms with van der Waals surface area (Å²) in [6.07, 6.45) is 4.47. The van der Waals surface area contributed by atoms with E-state index in [2.05, 4.69) is 27.5 Å². The summed E-state index contributed by atoms with van der Waals surface area (Å²) >= 11 is 0. The summed E-state index contributed by atoms with van der Waals surface area (Å²) in [6, 6.07) is 1.70. The monoisotopic (exact) mass is 323 g/mol. The van der Waals surface area contributed by atoms with E-state index in [9.17, 15) is 4.79 Å². The summed E-state index contributed by atoms with van der Waals surface area (Å²) < 4.78 is 0. The molecule has 2 N–H and O–H groups in total. The Bertz CT molecular complexity index is 936. The number of hydrogen-bond acceptors (Lipinski definition) is 5. The van der Waals surface area contributed by atoms with E-state index in [4.69, 9.17) is 4.98 Å². The molecule has 3 aromatic heterocycles. The van der Waals surface area contributed by atoms with E-state index >= 15 is 0 Å². The Morgan fingerprint density at radius 1 is 1.12 bits per heavy atom. The quantitative estimate of drug-likeness (QED) is 0.722. The van der Waals surface area contributed by atoms with Gasteiger partial charge in [0.05, 0.1) is 16.8 Å². The maximum Gasteiger partial charge on any atom is 0.253 e. The molecule has 6 nitrogen and oxygen atoms in total. The Hall–Kier alpha value is -2.76. The van der Waals surface area contributed by atoms with Gasteiger partial charge in [0.15, 0.2) is 0 Å². The lowest BCUT2D eigenvalue weighted by Crippen LogP contribution is -2.19. The average Bonchev–Trinajstić information content (AvgIpc) is 2.61. The van der Waals surface area contributed by atoms with Gasteiger partial charge in [-0.05, 0) is 37.5 Å². The molecule has 0 unspecified atom stereocenters. The minimum Gasteiger partial charge on any atom is -0.381 e. The summed E-state index contributed by atoms with van der Waals surface area (Å²) in [5.41, 5.74) is 6.36. The van der Waals surface area contributed by atoms with Crippen molar-refractivity contribution in [1.82, 2.24) is 20.3 Å². The topological polar surface area (TPSA) is 79.8 Å². The van der Waals surface area contributed by atoms with Crippen LogP contribution in [-0.2, 0) is 0 Å². The molecule has 1 amide bonds. The second kappa shape index (κ2) is 6.39. The van der Waals surface area contributed by atoms with Gasteiger partial charge in [-0.3, -0.25) is 14.8 Å². The van der Waals surface area contributed by atoms with Crippen LogP contribution >= 0.6 is 0 Å². The van der Waals surface area contributed by atoms with Crippen LogP contribution in [0.25, 0.3) is 22.1 Å². The van der Waals surface area contributed by atoms with Crippen molar-refractivity contribution >= 4 is 33.7 Å². The van der Waals surface area contributed by atoms with Crippen molar-refractivity contribution < 1.29 is 4.79 Å². The van der Waals surface area contributed by atoms with Gasteiger partial charge in [0, 0.05) is 26.0 Å². The van der Waals surface area contributed by atoms with E-state index < -0.39 is 0 Å². The summed E-state index contributed by atoms with van der Waals surface area (Å²) in [5, 5.41) is 6.08. The average molecular weight is 323 g/mol. The number of nitrogens with one attached hydrogen (secondary N) is 2. The van der Waals surface area contributed by atoms with Crippen molar-refractivity contribution in [1.29, 1.82) is 0 Å². The largest absolute Gasteiger partial charge is 0.381 e. The van der Waals surface area contributed by atoms with Crippen LogP contribution in [0, 0.1) is 13.8 Å². The van der Waals surface area contributed by atoms with Crippen molar-refractivity contribution in [3.63, 3.8) is 0 Å². The number of anilines is 1. The normalized spacial score (nSPS) is 11.0. The molecule has 0 radical (unpaired) electrons. The van der Waals surface area contributed by atoms with Gasteiger partial charge in [-0.15, -0.1) is 0 Å². The Kier molecular flexibility index (Phi) is 4.29. The highest BCUT2D eigenvalue weighted by atomic mass is 16.1. The maximum absolute atomic E-state index is 12.2. The minimum absolute atomic E-state index is 0.172. The van der Waals surface area contributed by atoms with Crippen molar-refractivity contribution in [2.45, 2.75) is 27.2 Å². The molecule has 24 heavy (non-hydrogen) atoms. The zero-order chi connectivity index (χ0) is 17.3. The minimum atomic E-state index is -0.172. The zero-order valence-electron chi connectivity index (χ0n) is 14.4. The summed E-state index contributed by atoms with van der Waals surface area (Å²) in [7, 11) is 1.61. The Morgan fingerprint density at radius 3 is 2.58 bits per heavy atom. The fourth-order valence-corrected chi connectivity index (χ4v) is 2.71. The van der Waals surface area contributed by atoms with E-state index in [-0.39, 0.29) is 5.91 Å². The molecule has 0 saturated heterocycles. The third-order valence-electron chi connectivity index (χ3n) is 4.20. The maximum atomic E-state index is 12.2. The molecule has 0 aliphatic rings. The van der Waals surface area contributed by atoms with Crippen molar-refractivity contribution in [2.75, 3.05) is 18.9 Å². The third-order valence-corrected chi connectivity index (χ3v) is 4.20. The molecule has 0 spiro atoms. The number of amides is 1. The van der Waals surface area contributed by atoms with Gasteiger partial charge in [-0.25, -0.2) is 4.98 Å². The SMILES string of the molecule is CCCNc1c2nccc(C(=O)NC)c2nc2c(C)c(C)cnc12. The number of pyridine rings is 3. The molecule has 3 rings (SSSR count). The van der Waals surface area contributed by atoms with Crippen LogP contribution in [0.4, 0.5) is 5.69 Å². The molecular weight excluding hydrogens is 302 g/mol. The molecule has 0 aromatic carbocycles. The van der Waals surface area contributed by atoms with Crippen LogP contribution in [0.3, 0.4) is 0 Å². The number of nitrogens with zero attached hydrogens (tertiary/aromatic N) is 3. The molecule has 0 atom stereocenters. The van der Waals surface area contributed by atoms with Gasteiger partial charge in [-0.2, -0.15) is 0 Å². The standard InChI is InChI=1S/C18H21N5O/c1-5-7-20-17-15-13(11(3)10(2)9-22-15)23-14-12(18(24)19-4)6-8-21-16(14)17/h6,8-9H,5,7H2,1-4H3,(H,19,24)(H,20,23). The van der Waals surface area contributed by atoms with Crippen LogP contribution in [-0.4, -0.2) is 34.5 Å². The first kappa shape index (κ1) is 16.1. The zero-order valence-corrected chi connectivity index (χ0v) is 14.4. The van der Waals surface area contributed by atoms with Gasteiger partial charge in [0.2, 0.25) is 0 Å². The van der Waals surface area contributed by atoms with Crippen LogP contribution < -0.4 is 10.6 Å². The highest BCUT2D eigenvalue weighted by Gasteiger charge is 2.18. The van der Waals surface area contributed by atoms with E-state index in [1.54, 1.807) is 19.3 Å². The fraction of sp³-hybridized carbons (Fsp3) is 0.333. The highest BCUT2D eigenvalue weighted by molar-refractivity contribution is 6.12. The number of rotatable bonds is 4. The van der Waals surface area contributed by atoms with Crippen LogP contribution in [0.2, 0.25) is 0 Å². The van der Waals surface area contributed by atoms with E-state index in [0.717, 1.165) is 40.8 Å². The van der Waals surface area contributed by atoms with Gasteiger partial charge in [0.1, 0.15) is 16.6 Å². The van der Waals surface area contributed by atoms with Crippen LogP contribution in [0.15, 0.2) is 18.5 Å². The van der Waals surface area contributed by atoms with Gasteiger partial charge in [0.25, 0.3) is 5.91 Å². The van der Waals surface area contributed by atoms with Crippen molar-refractivity contribution in [3.05, 3.63) is 35.2 Å². The predicted octanol–water partition coefficient (Wildman–Crippen LogP) is 2.98. The summed E-state index contributed by atoms with van der Waals surface area (Å²) in [6.45, 7) is 6.94. The first-order valence-electron chi connectivity index (χ1n) is 8.09. The Balaban J connectivity index is 2.44. The lowest BCUT2D eigenvalue weighted by atomic mass is 10.1. The summed E-state index contributed by atoms with van der Waals surface area (Å²) in [4.78, 5) is 26.0. The summed E-state index contributed by atoms with van der Waals surface area (Å²) in [5.74, 6) is -0.172. The molecule has 0 saturated carbocycles. The lowest BCUT2D eigenvalue weighted by Gasteiger charge is -2.14. The molecule has 0 aliphatic heterocycles. The van der Waals surface area contributed by atoms with Crippen LogP contribution in [0.1, 0.15) is 34.8 Å². The molecule has 0 aliphatic carbocycles. The van der Waals surface area contributed by atoms with Gasteiger partial charge >= 0.3 is 0 Å². The number of fused-ring (bicyclic) bond motifs is 2. The smallest absolute Gasteiger partial charge is 0.253 e. The first-order valence-corrected chi connectivity index (χ1v) is 8.09. The Morgan fingerprint density at radius 2 is 1.88 bits per heavy atom. The van der Waals surface area contributed by atoms with E-state index in [1.165, 1.54) is 0 Å². The van der Waals surface area contributed by atoms with E-state index in [0.29, 0.717) is 16.6 Å². The molecule has 124 valence electrons. The molecular formula is C18H21N5O. The fourth-order valence-electron chi connectivity index (χ4n) is 2.71. The second-order valence-electron chi connectivity index (χ2n) is 5.81. The number of aryl methyl sites for hydroxylation is 2. The highest BCUT2D eigenvalue weighted by Crippen LogP contribution is 2.31. The lowest BCUT2D eigenvalue weighted by molar-refractivity contribution is 0.0964. The second-order valence-corrected chi connectivity index (χ2v) is 5.81. The van der Waals surface area contributed by atoms with Crippen LogP contribution in [0.5, 0.6) is 0 Å². The van der Waals surface area contributed by atoms with Crippen molar-refractivity contribution in [3.8, 4) is 0 Å². The number of carbonyl (C=O) groups is 1. The predicted molar refractivity (Wildman–Crippen MR) is 96.5 cm³/mol. The van der Waals surface area contributed by atoms with Gasteiger partial charge in [-0.1, -0.05) is 6.92 Å². The molecule has 0 fully saturated rings. The van der Waals surface area contributed by atoms with Crippen molar-refractivity contribution in [2.24, 2.45) is 0 Å². The molecule has 6 heteroatoms. The molecule has 0 bridgehead atoms. The van der Waals surface area contributed by atoms with E-state index in [1.807, 2.05) is 20.0 Å².